The molecular formula is C20H16N2O2S. The lowest BCUT2D eigenvalue weighted by atomic mass is 9.83. The van der Waals surface area contributed by atoms with Crippen LogP contribution in [0.5, 0.6) is 0 Å². The standard InChI is InChI=1S/C20H16N2O2S/c21-12-16-15-9-8-14(13-5-2-1-3-6-13)11-18(15)25-20(16)22-19(23)17-7-4-10-24-17/h1-7,10,14H,8-9,11H2,(H,22,23). The number of nitrogens with one attached hydrogen (secondary N) is 1. The highest BCUT2D eigenvalue weighted by Gasteiger charge is 2.27. The van der Waals surface area contributed by atoms with Gasteiger partial charge in [0.25, 0.3) is 5.91 Å². The quantitative estimate of drug-likeness (QED) is 0.743. The molecule has 0 bridgehead atoms. The summed E-state index contributed by atoms with van der Waals surface area (Å²) < 4.78 is 5.13. The van der Waals surface area contributed by atoms with E-state index in [0.29, 0.717) is 16.5 Å². The summed E-state index contributed by atoms with van der Waals surface area (Å²) in [5, 5.41) is 13.0. The van der Waals surface area contributed by atoms with Crippen molar-refractivity contribution in [3.05, 3.63) is 76.1 Å². The summed E-state index contributed by atoms with van der Waals surface area (Å²) in [7, 11) is 0. The Labute approximate surface area is 149 Å². The van der Waals surface area contributed by atoms with Gasteiger partial charge in [0.15, 0.2) is 5.76 Å². The van der Waals surface area contributed by atoms with Crippen LogP contribution in [0, 0.1) is 11.3 Å². The maximum atomic E-state index is 12.2. The zero-order chi connectivity index (χ0) is 17.2. The van der Waals surface area contributed by atoms with Crippen molar-refractivity contribution in [2.75, 3.05) is 5.32 Å². The third kappa shape index (κ3) is 2.97. The van der Waals surface area contributed by atoms with Crippen LogP contribution in [0.4, 0.5) is 5.00 Å². The topological polar surface area (TPSA) is 66.0 Å². The van der Waals surface area contributed by atoms with Crippen molar-refractivity contribution in [2.24, 2.45) is 0 Å². The SMILES string of the molecule is N#Cc1c(NC(=O)c2ccco2)sc2c1CCC(c1ccccc1)C2. The molecule has 0 aliphatic heterocycles. The fraction of sp³-hybridized carbons (Fsp3) is 0.200. The number of furan rings is 1. The minimum atomic E-state index is -0.320. The van der Waals surface area contributed by atoms with Crippen molar-refractivity contribution in [1.29, 1.82) is 5.26 Å². The number of hydrogen-bond donors (Lipinski definition) is 1. The van der Waals surface area contributed by atoms with Gasteiger partial charge in [0.1, 0.15) is 11.1 Å². The van der Waals surface area contributed by atoms with E-state index in [1.807, 2.05) is 6.07 Å². The number of anilines is 1. The Morgan fingerprint density at radius 3 is 2.80 bits per heavy atom. The maximum absolute atomic E-state index is 12.2. The van der Waals surface area contributed by atoms with Crippen molar-refractivity contribution in [2.45, 2.75) is 25.2 Å². The summed E-state index contributed by atoms with van der Waals surface area (Å²) in [4.78, 5) is 13.4. The lowest BCUT2D eigenvalue weighted by Crippen LogP contribution is -2.12. The number of nitriles is 1. The second-order valence-corrected chi connectivity index (χ2v) is 7.21. The van der Waals surface area contributed by atoms with E-state index in [9.17, 15) is 10.1 Å². The molecule has 5 heteroatoms. The van der Waals surface area contributed by atoms with Crippen LogP contribution in [0.15, 0.2) is 53.1 Å². The predicted octanol–water partition coefficient (Wildman–Crippen LogP) is 4.74. The fourth-order valence-corrected chi connectivity index (χ4v) is 4.65. The maximum Gasteiger partial charge on any atom is 0.291 e. The van der Waals surface area contributed by atoms with E-state index >= 15 is 0 Å². The molecule has 1 unspecified atom stereocenters. The van der Waals surface area contributed by atoms with E-state index in [0.717, 1.165) is 24.8 Å². The highest BCUT2D eigenvalue weighted by Crippen LogP contribution is 2.42. The van der Waals surface area contributed by atoms with E-state index in [-0.39, 0.29) is 11.7 Å². The molecule has 0 radical (unpaired) electrons. The molecule has 1 N–H and O–H groups in total. The van der Waals surface area contributed by atoms with Gasteiger partial charge in [-0.1, -0.05) is 30.3 Å². The molecule has 1 aromatic carbocycles. The first kappa shape index (κ1) is 15.7. The Morgan fingerprint density at radius 2 is 2.08 bits per heavy atom. The lowest BCUT2D eigenvalue weighted by molar-refractivity contribution is 0.0997. The Hall–Kier alpha value is -2.84. The summed E-state index contributed by atoms with van der Waals surface area (Å²) in [5.41, 5.74) is 3.03. The molecule has 124 valence electrons. The smallest absolute Gasteiger partial charge is 0.291 e. The van der Waals surface area contributed by atoms with Gasteiger partial charge in [-0.05, 0) is 48.4 Å². The third-order valence-electron chi connectivity index (χ3n) is 4.62. The molecule has 1 atom stereocenters. The summed E-state index contributed by atoms with van der Waals surface area (Å²) in [6.45, 7) is 0. The molecule has 2 heterocycles. The van der Waals surface area contributed by atoms with E-state index in [1.54, 1.807) is 12.1 Å². The Bertz CT molecular complexity index is 936. The van der Waals surface area contributed by atoms with Crippen LogP contribution in [-0.4, -0.2) is 5.91 Å². The van der Waals surface area contributed by atoms with Crippen molar-refractivity contribution in [3.8, 4) is 6.07 Å². The molecule has 0 spiro atoms. The van der Waals surface area contributed by atoms with Crippen LogP contribution in [-0.2, 0) is 12.8 Å². The van der Waals surface area contributed by atoms with Crippen LogP contribution >= 0.6 is 11.3 Å². The van der Waals surface area contributed by atoms with Gasteiger partial charge in [0.05, 0.1) is 11.8 Å². The monoisotopic (exact) mass is 348 g/mol. The second-order valence-electron chi connectivity index (χ2n) is 6.10. The highest BCUT2D eigenvalue weighted by atomic mass is 32.1. The molecule has 4 nitrogen and oxygen atoms in total. The molecule has 25 heavy (non-hydrogen) atoms. The molecule has 0 saturated heterocycles. The van der Waals surface area contributed by atoms with E-state index < -0.39 is 0 Å². The highest BCUT2D eigenvalue weighted by molar-refractivity contribution is 7.16. The van der Waals surface area contributed by atoms with E-state index in [4.69, 9.17) is 4.42 Å². The molecule has 1 aliphatic rings. The number of thiophene rings is 1. The van der Waals surface area contributed by atoms with Gasteiger partial charge >= 0.3 is 0 Å². The van der Waals surface area contributed by atoms with Gasteiger partial charge in [-0.25, -0.2) is 0 Å². The molecule has 4 rings (SSSR count). The number of amides is 1. The fourth-order valence-electron chi connectivity index (χ4n) is 3.37. The second kappa shape index (κ2) is 6.58. The van der Waals surface area contributed by atoms with Crippen LogP contribution in [0.1, 0.15) is 44.5 Å². The third-order valence-corrected chi connectivity index (χ3v) is 5.79. The van der Waals surface area contributed by atoms with Crippen molar-refractivity contribution in [1.82, 2.24) is 0 Å². The van der Waals surface area contributed by atoms with E-state index in [2.05, 4.69) is 35.7 Å². The number of carbonyl (C=O) groups excluding carboxylic acids is 1. The normalized spacial score (nSPS) is 16.0. The zero-order valence-electron chi connectivity index (χ0n) is 13.5. The van der Waals surface area contributed by atoms with E-state index in [1.165, 1.54) is 28.0 Å². The van der Waals surface area contributed by atoms with Crippen molar-refractivity contribution < 1.29 is 9.21 Å². The average Bonchev–Trinajstić information content (AvgIpc) is 3.29. The molecular weight excluding hydrogens is 332 g/mol. The number of carbonyl (C=O) groups is 1. The Morgan fingerprint density at radius 1 is 1.24 bits per heavy atom. The molecule has 1 amide bonds. The van der Waals surface area contributed by atoms with Crippen LogP contribution in [0.3, 0.4) is 0 Å². The number of benzene rings is 1. The summed E-state index contributed by atoms with van der Waals surface area (Å²) in [5.74, 6) is 0.393. The van der Waals surface area contributed by atoms with Gasteiger partial charge in [-0.15, -0.1) is 11.3 Å². The van der Waals surface area contributed by atoms with Crippen LogP contribution < -0.4 is 5.32 Å². The van der Waals surface area contributed by atoms with Gasteiger partial charge in [-0.3, -0.25) is 4.79 Å². The molecule has 2 aromatic heterocycles. The van der Waals surface area contributed by atoms with Gasteiger partial charge in [0, 0.05) is 4.88 Å². The van der Waals surface area contributed by atoms with Gasteiger partial charge in [0.2, 0.25) is 0 Å². The number of fused-ring (bicyclic) bond motifs is 1. The lowest BCUT2D eigenvalue weighted by Gasteiger charge is -2.22. The summed E-state index contributed by atoms with van der Waals surface area (Å²) in [6.07, 6.45) is 4.26. The number of rotatable bonds is 3. The Kier molecular flexibility index (Phi) is 4.12. The zero-order valence-corrected chi connectivity index (χ0v) is 14.3. The largest absolute Gasteiger partial charge is 0.459 e. The molecule has 1 aliphatic carbocycles. The summed E-state index contributed by atoms with van der Waals surface area (Å²) >= 11 is 1.51. The van der Waals surface area contributed by atoms with Gasteiger partial charge < -0.3 is 9.73 Å². The number of nitrogens with zero attached hydrogens (tertiary/aromatic N) is 1. The van der Waals surface area contributed by atoms with Crippen molar-refractivity contribution in [3.63, 3.8) is 0 Å². The molecule has 3 aromatic rings. The first-order chi connectivity index (χ1) is 12.3. The predicted molar refractivity (Wildman–Crippen MR) is 96.9 cm³/mol. The first-order valence-electron chi connectivity index (χ1n) is 8.20. The van der Waals surface area contributed by atoms with Crippen molar-refractivity contribution >= 4 is 22.2 Å². The summed E-state index contributed by atoms with van der Waals surface area (Å²) in [6, 6.07) is 16.0. The van der Waals surface area contributed by atoms with Crippen LogP contribution in [0.25, 0.3) is 0 Å². The Balaban J connectivity index is 1.61. The number of hydrogen-bond acceptors (Lipinski definition) is 4. The van der Waals surface area contributed by atoms with Crippen LogP contribution in [0.2, 0.25) is 0 Å². The minimum Gasteiger partial charge on any atom is -0.459 e. The first-order valence-corrected chi connectivity index (χ1v) is 9.02. The average molecular weight is 348 g/mol. The minimum absolute atomic E-state index is 0.248. The molecule has 0 saturated carbocycles. The molecule has 0 fully saturated rings. The van der Waals surface area contributed by atoms with Gasteiger partial charge in [-0.2, -0.15) is 5.26 Å².